The van der Waals surface area contributed by atoms with Gasteiger partial charge in [0.25, 0.3) is 0 Å². The molecule has 1 rings (SSSR count). The van der Waals surface area contributed by atoms with E-state index in [0.717, 1.165) is 19.3 Å². The molecular formula is C15H26O5. The van der Waals surface area contributed by atoms with Crippen LogP contribution in [0.4, 0.5) is 0 Å². The third-order valence-electron chi connectivity index (χ3n) is 3.59. The van der Waals surface area contributed by atoms with Crippen LogP contribution in [0.5, 0.6) is 0 Å². The molecule has 0 amide bonds. The summed E-state index contributed by atoms with van der Waals surface area (Å²) in [7, 11) is 1.47. The summed E-state index contributed by atoms with van der Waals surface area (Å²) in [5.41, 5.74) is 0. The molecule has 0 radical (unpaired) electrons. The molecular weight excluding hydrogens is 260 g/mol. The number of ether oxygens (including phenoxy) is 2. The summed E-state index contributed by atoms with van der Waals surface area (Å²) in [6, 6.07) is 0. The first kappa shape index (κ1) is 17.0. The average Bonchev–Trinajstić information content (AvgIpc) is 2.45. The number of unbranched alkanes of at least 4 members (excludes halogenated alkanes) is 4. The molecule has 1 aliphatic rings. The second-order valence-corrected chi connectivity index (χ2v) is 5.26. The fourth-order valence-electron chi connectivity index (χ4n) is 2.32. The van der Waals surface area contributed by atoms with Gasteiger partial charge in [0.2, 0.25) is 0 Å². The van der Waals surface area contributed by atoms with Crippen LogP contribution in [0.2, 0.25) is 0 Å². The number of cyclic esters (lactones) is 1. The number of aliphatic hydroxyl groups excluding tert-OH is 2. The molecule has 1 aliphatic heterocycles. The highest BCUT2D eigenvalue weighted by Crippen LogP contribution is 2.22. The van der Waals surface area contributed by atoms with Crippen molar-refractivity contribution in [3.63, 3.8) is 0 Å². The molecule has 5 nitrogen and oxygen atoms in total. The monoisotopic (exact) mass is 286 g/mol. The molecule has 0 bridgehead atoms. The van der Waals surface area contributed by atoms with Gasteiger partial charge in [0.15, 0.2) is 0 Å². The summed E-state index contributed by atoms with van der Waals surface area (Å²) in [5.74, 6) is -0.0623. The second-order valence-electron chi connectivity index (χ2n) is 5.26. The summed E-state index contributed by atoms with van der Waals surface area (Å²) in [6.45, 7) is 2.15. The van der Waals surface area contributed by atoms with Crippen molar-refractivity contribution < 1.29 is 24.5 Å². The molecule has 0 aromatic carbocycles. The van der Waals surface area contributed by atoms with Gasteiger partial charge in [-0.25, -0.2) is 4.79 Å². The molecule has 2 N–H and O–H groups in total. The molecule has 0 aliphatic carbocycles. The normalized spacial score (nSPS) is 21.9. The van der Waals surface area contributed by atoms with Crippen LogP contribution in [0, 0.1) is 0 Å². The first-order chi connectivity index (χ1) is 9.58. The topological polar surface area (TPSA) is 76.0 Å². The Morgan fingerprint density at radius 2 is 2.05 bits per heavy atom. The summed E-state index contributed by atoms with van der Waals surface area (Å²) in [6.07, 6.45) is 4.85. The molecule has 0 saturated heterocycles. The number of rotatable bonds is 9. The minimum absolute atomic E-state index is 0.302. The molecule has 0 saturated carbocycles. The molecule has 0 aromatic rings. The summed E-state index contributed by atoms with van der Waals surface area (Å²) in [5, 5.41) is 20.0. The van der Waals surface area contributed by atoms with Crippen molar-refractivity contribution in [2.24, 2.45) is 0 Å². The van der Waals surface area contributed by atoms with Gasteiger partial charge in [-0.15, -0.1) is 0 Å². The van der Waals surface area contributed by atoms with E-state index in [9.17, 15) is 15.0 Å². The predicted molar refractivity (Wildman–Crippen MR) is 75.0 cm³/mol. The molecule has 0 spiro atoms. The highest BCUT2D eigenvalue weighted by atomic mass is 16.6. The van der Waals surface area contributed by atoms with Gasteiger partial charge in [-0.1, -0.05) is 39.0 Å². The lowest BCUT2D eigenvalue weighted by Crippen LogP contribution is -2.42. The van der Waals surface area contributed by atoms with Crippen molar-refractivity contribution in [3.05, 3.63) is 11.8 Å². The summed E-state index contributed by atoms with van der Waals surface area (Å²) >= 11 is 0. The predicted octanol–water partition coefficient (Wildman–Crippen LogP) is 1.91. The lowest BCUT2D eigenvalue weighted by Gasteiger charge is -2.29. The Labute approximate surface area is 120 Å². The lowest BCUT2D eigenvalue weighted by atomic mass is 9.98. The smallest absolute Gasteiger partial charge is 0.334 e. The van der Waals surface area contributed by atoms with Gasteiger partial charge < -0.3 is 19.7 Å². The van der Waals surface area contributed by atoms with Crippen LogP contribution in [0.15, 0.2) is 11.8 Å². The van der Waals surface area contributed by atoms with Gasteiger partial charge in [0, 0.05) is 6.42 Å². The van der Waals surface area contributed by atoms with Gasteiger partial charge in [0.1, 0.15) is 18.0 Å². The third kappa shape index (κ3) is 5.51. The van der Waals surface area contributed by atoms with Gasteiger partial charge in [0.05, 0.1) is 19.3 Å². The Hall–Kier alpha value is -1.07. The van der Waals surface area contributed by atoms with Crippen molar-refractivity contribution >= 4 is 5.97 Å². The number of carbonyl (C=O) groups excluding carboxylic acids is 1. The van der Waals surface area contributed by atoms with Crippen molar-refractivity contribution in [1.29, 1.82) is 0 Å². The van der Waals surface area contributed by atoms with Gasteiger partial charge in [-0.2, -0.15) is 0 Å². The zero-order chi connectivity index (χ0) is 15.0. The number of hydrogen-bond donors (Lipinski definition) is 2. The maximum absolute atomic E-state index is 11.3. The Kier molecular flexibility index (Phi) is 7.62. The van der Waals surface area contributed by atoms with Crippen LogP contribution < -0.4 is 0 Å². The van der Waals surface area contributed by atoms with E-state index in [4.69, 9.17) is 9.47 Å². The zero-order valence-corrected chi connectivity index (χ0v) is 12.4. The van der Waals surface area contributed by atoms with E-state index in [1.165, 1.54) is 26.0 Å². The SMILES string of the molecule is CCCCCCCC(O)C(O)C1CC(OC)=CC(=O)O1. The number of methoxy groups -OCH3 is 1. The fraction of sp³-hybridized carbons (Fsp3) is 0.800. The number of hydrogen-bond acceptors (Lipinski definition) is 5. The van der Waals surface area contributed by atoms with E-state index in [1.807, 2.05) is 0 Å². The first-order valence-electron chi connectivity index (χ1n) is 7.39. The van der Waals surface area contributed by atoms with E-state index >= 15 is 0 Å². The quantitative estimate of drug-likeness (QED) is 0.500. The van der Waals surface area contributed by atoms with Crippen LogP contribution in [0.25, 0.3) is 0 Å². The van der Waals surface area contributed by atoms with E-state index in [-0.39, 0.29) is 0 Å². The molecule has 3 atom stereocenters. The zero-order valence-electron chi connectivity index (χ0n) is 12.4. The highest BCUT2D eigenvalue weighted by molar-refractivity contribution is 5.83. The molecule has 3 unspecified atom stereocenters. The Morgan fingerprint density at radius 3 is 2.70 bits per heavy atom. The fourth-order valence-corrected chi connectivity index (χ4v) is 2.32. The number of esters is 1. The maximum Gasteiger partial charge on any atom is 0.334 e. The largest absolute Gasteiger partial charge is 0.501 e. The first-order valence-corrected chi connectivity index (χ1v) is 7.39. The van der Waals surface area contributed by atoms with Gasteiger partial charge in [-0.05, 0) is 6.42 Å². The Bertz CT molecular complexity index is 326. The number of aliphatic hydroxyl groups is 2. The molecule has 1 heterocycles. The minimum atomic E-state index is -1.07. The van der Waals surface area contributed by atoms with E-state index in [0.29, 0.717) is 18.6 Å². The average molecular weight is 286 g/mol. The van der Waals surface area contributed by atoms with Crippen LogP contribution >= 0.6 is 0 Å². The molecule has 20 heavy (non-hydrogen) atoms. The molecule has 0 fully saturated rings. The van der Waals surface area contributed by atoms with E-state index in [2.05, 4.69) is 6.92 Å². The van der Waals surface area contributed by atoms with E-state index in [1.54, 1.807) is 0 Å². The lowest BCUT2D eigenvalue weighted by molar-refractivity contribution is -0.157. The molecule has 116 valence electrons. The molecule has 0 aromatic heterocycles. The van der Waals surface area contributed by atoms with Crippen LogP contribution in [-0.2, 0) is 14.3 Å². The standard InChI is InChI=1S/C15H26O5/c1-3-4-5-6-7-8-12(16)15(18)13-9-11(19-2)10-14(17)20-13/h10,12-13,15-16,18H,3-9H2,1-2H3. The van der Waals surface area contributed by atoms with Crippen LogP contribution in [-0.4, -0.2) is 41.6 Å². The van der Waals surface area contributed by atoms with Gasteiger partial charge >= 0.3 is 5.97 Å². The third-order valence-corrected chi connectivity index (χ3v) is 3.59. The summed E-state index contributed by atoms with van der Waals surface area (Å²) < 4.78 is 10.1. The van der Waals surface area contributed by atoms with Crippen molar-refractivity contribution in [2.75, 3.05) is 7.11 Å². The second kappa shape index (κ2) is 8.97. The highest BCUT2D eigenvalue weighted by Gasteiger charge is 2.32. The van der Waals surface area contributed by atoms with Crippen LogP contribution in [0.1, 0.15) is 51.9 Å². The molecule has 5 heteroatoms. The Morgan fingerprint density at radius 1 is 1.35 bits per heavy atom. The number of carbonyl (C=O) groups is 1. The van der Waals surface area contributed by atoms with Crippen LogP contribution in [0.3, 0.4) is 0 Å². The maximum atomic E-state index is 11.3. The van der Waals surface area contributed by atoms with Crippen molar-refractivity contribution in [2.45, 2.75) is 70.2 Å². The van der Waals surface area contributed by atoms with Crippen molar-refractivity contribution in [3.8, 4) is 0 Å². The Balaban J connectivity index is 2.35. The minimum Gasteiger partial charge on any atom is -0.501 e. The van der Waals surface area contributed by atoms with Gasteiger partial charge in [-0.3, -0.25) is 0 Å². The van der Waals surface area contributed by atoms with E-state index < -0.39 is 24.3 Å². The van der Waals surface area contributed by atoms with Crippen molar-refractivity contribution in [1.82, 2.24) is 0 Å². The summed E-state index contributed by atoms with van der Waals surface area (Å²) in [4.78, 5) is 11.3.